The molecular formula is C23H25ClN4O4S. The predicted molar refractivity (Wildman–Crippen MR) is 128 cm³/mol. The molecule has 1 heterocycles. The lowest BCUT2D eigenvalue weighted by Crippen LogP contribution is -2.18. The van der Waals surface area contributed by atoms with Gasteiger partial charge in [0, 0.05) is 11.6 Å². The highest BCUT2D eigenvalue weighted by molar-refractivity contribution is 7.99. The fourth-order valence-electron chi connectivity index (χ4n) is 3.02. The number of nitrogens with one attached hydrogen (secondary N) is 1. The van der Waals surface area contributed by atoms with Crippen LogP contribution in [0.5, 0.6) is 11.5 Å². The largest absolute Gasteiger partial charge is 0.495 e. The molecule has 10 heteroatoms. The number of ether oxygens (including phenoxy) is 2. The number of hydrogen-bond donors (Lipinski definition) is 1. The van der Waals surface area contributed by atoms with E-state index in [-0.39, 0.29) is 24.6 Å². The van der Waals surface area contributed by atoms with Crippen molar-refractivity contribution in [2.24, 2.45) is 0 Å². The Morgan fingerprint density at radius 2 is 1.97 bits per heavy atom. The highest BCUT2D eigenvalue weighted by atomic mass is 35.5. The normalized spacial score (nSPS) is 10.7. The van der Waals surface area contributed by atoms with Gasteiger partial charge in [-0.2, -0.15) is 0 Å². The van der Waals surface area contributed by atoms with Gasteiger partial charge in [0.05, 0.1) is 25.0 Å². The molecule has 1 aromatic heterocycles. The van der Waals surface area contributed by atoms with Gasteiger partial charge in [-0.1, -0.05) is 35.5 Å². The fourth-order valence-corrected chi connectivity index (χ4v) is 4.02. The molecule has 174 valence electrons. The summed E-state index contributed by atoms with van der Waals surface area (Å²) in [5.41, 5.74) is 1.45. The van der Waals surface area contributed by atoms with Crippen molar-refractivity contribution in [1.29, 1.82) is 0 Å². The monoisotopic (exact) mass is 488 g/mol. The van der Waals surface area contributed by atoms with Crippen molar-refractivity contribution in [3.63, 3.8) is 0 Å². The maximum Gasteiger partial charge on any atom is 0.231 e. The van der Waals surface area contributed by atoms with Crippen molar-refractivity contribution in [3.05, 3.63) is 58.9 Å². The number of aryl methyl sites for hydroxylation is 1. The van der Waals surface area contributed by atoms with Crippen LogP contribution in [0.1, 0.15) is 24.7 Å². The zero-order valence-electron chi connectivity index (χ0n) is 18.6. The van der Waals surface area contributed by atoms with E-state index < -0.39 is 5.91 Å². The van der Waals surface area contributed by atoms with Gasteiger partial charge in [0.1, 0.15) is 18.1 Å². The third-order valence-corrected chi connectivity index (χ3v) is 6.16. The zero-order chi connectivity index (χ0) is 23.8. The predicted octanol–water partition coefficient (Wildman–Crippen LogP) is 4.54. The van der Waals surface area contributed by atoms with Gasteiger partial charge in [0.15, 0.2) is 16.8 Å². The van der Waals surface area contributed by atoms with E-state index in [0.29, 0.717) is 39.7 Å². The summed E-state index contributed by atoms with van der Waals surface area (Å²) in [7, 11) is 1.52. The second kappa shape index (κ2) is 11.7. The molecule has 0 spiro atoms. The number of anilines is 1. The average molecular weight is 489 g/mol. The lowest BCUT2D eigenvalue weighted by atomic mass is 10.2. The average Bonchev–Trinajstić information content (AvgIpc) is 3.20. The number of thioether (sulfide) groups is 1. The Morgan fingerprint density at radius 1 is 1.18 bits per heavy atom. The minimum Gasteiger partial charge on any atom is -0.495 e. The maximum atomic E-state index is 12.3. The van der Waals surface area contributed by atoms with E-state index in [1.807, 2.05) is 24.5 Å². The summed E-state index contributed by atoms with van der Waals surface area (Å²) in [6.45, 7) is 4.73. The molecule has 2 aromatic carbocycles. The number of ketones is 1. The highest BCUT2D eigenvalue weighted by Gasteiger charge is 2.16. The van der Waals surface area contributed by atoms with E-state index in [9.17, 15) is 9.59 Å². The van der Waals surface area contributed by atoms with Gasteiger partial charge in [-0.15, -0.1) is 10.2 Å². The molecule has 3 aromatic rings. The number of Topliss-reactive ketones (excluding diaryl/α,β-unsaturated/α-hetero) is 1. The molecule has 1 amide bonds. The van der Waals surface area contributed by atoms with Crippen LogP contribution in [0.2, 0.25) is 5.02 Å². The fraction of sp³-hybridized carbons (Fsp3) is 0.304. The molecule has 0 fully saturated rings. The molecular weight excluding hydrogens is 464 g/mol. The standard InChI is InChI=1S/C23H25ClN4O4S/c1-4-28-21(13-32-17-9-10-18(24)15(2)11-17)26-27-23(28)33-14-16(29)12-22(30)25-19-7-5-6-8-20(19)31-3/h5-11H,4,12-14H2,1-3H3,(H,25,30). The Labute approximate surface area is 201 Å². The third-order valence-electron chi connectivity index (χ3n) is 4.71. The molecule has 0 atom stereocenters. The topological polar surface area (TPSA) is 95.3 Å². The molecule has 1 N–H and O–H groups in total. The number of carbonyl (C=O) groups is 2. The van der Waals surface area contributed by atoms with Crippen molar-refractivity contribution in [2.45, 2.75) is 38.6 Å². The first-order chi connectivity index (χ1) is 15.9. The number of para-hydroxylation sites is 2. The highest BCUT2D eigenvalue weighted by Crippen LogP contribution is 2.24. The van der Waals surface area contributed by atoms with Crippen molar-refractivity contribution in [2.75, 3.05) is 18.2 Å². The van der Waals surface area contributed by atoms with Crippen LogP contribution in [0.3, 0.4) is 0 Å². The second-order valence-corrected chi connectivity index (χ2v) is 8.45. The molecule has 0 radical (unpaired) electrons. The summed E-state index contributed by atoms with van der Waals surface area (Å²) in [5.74, 6) is 1.37. The van der Waals surface area contributed by atoms with Crippen LogP contribution in [0.15, 0.2) is 47.6 Å². The van der Waals surface area contributed by atoms with E-state index in [4.69, 9.17) is 21.1 Å². The van der Waals surface area contributed by atoms with Crippen LogP contribution in [-0.4, -0.2) is 39.3 Å². The first kappa shape index (κ1) is 24.6. The van der Waals surface area contributed by atoms with Crippen molar-refractivity contribution >= 4 is 40.7 Å². The Hall–Kier alpha value is -3.04. The Balaban J connectivity index is 1.53. The Morgan fingerprint density at radius 3 is 2.70 bits per heavy atom. The lowest BCUT2D eigenvalue weighted by Gasteiger charge is -2.10. The number of aromatic nitrogens is 3. The van der Waals surface area contributed by atoms with Gasteiger partial charge in [-0.3, -0.25) is 9.59 Å². The molecule has 8 nitrogen and oxygen atoms in total. The molecule has 33 heavy (non-hydrogen) atoms. The van der Waals surface area contributed by atoms with Crippen molar-refractivity contribution in [1.82, 2.24) is 14.8 Å². The van der Waals surface area contributed by atoms with Crippen LogP contribution < -0.4 is 14.8 Å². The van der Waals surface area contributed by atoms with Crippen LogP contribution in [0.25, 0.3) is 0 Å². The van der Waals surface area contributed by atoms with Crippen LogP contribution in [0.4, 0.5) is 5.69 Å². The minimum absolute atomic E-state index is 0.106. The van der Waals surface area contributed by atoms with Gasteiger partial charge < -0.3 is 19.4 Å². The number of benzene rings is 2. The maximum absolute atomic E-state index is 12.3. The summed E-state index contributed by atoms with van der Waals surface area (Å²) in [4.78, 5) is 24.6. The van der Waals surface area contributed by atoms with Gasteiger partial charge in [-0.25, -0.2) is 0 Å². The van der Waals surface area contributed by atoms with Crippen LogP contribution in [0, 0.1) is 6.92 Å². The summed E-state index contributed by atoms with van der Waals surface area (Å²) >= 11 is 7.30. The second-order valence-electron chi connectivity index (χ2n) is 7.10. The molecule has 0 bridgehead atoms. The number of amides is 1. The first-order valence-electron chi connectivity index (χ1n) is 10.3. The van der Waals surface area contributed by atoms with Gasteiger partial charge in [0.2, 0.25) is 5.91 Å². The van der Waals surface area contributed by atoms with Gasteiger partial charge >= 0.3 is 0 Å². The van der Waals surface area contributed by atoms with Gasteiger partial charge in [-0.05, 0) is 49.7 Å². The molecule has 0 aliphatic carbocycles. The molecule has 0 unspecified atom stereocenters. The smallest absolute Gasteiger partial charge is 0.231 e. The summed E-state index contributed by atoms with van der Waals surface area (Å²) in [6, 6.07) is 12.5. The van der Waals surface area contributed by atoms with E-state index in [1.165, 1.54) is 18.9 Å². The number of rotatable bonds is 11. The number of carbonyl (C=O) groups excluding carboxylic acids is 2. The number of hydrogen-bond acceptors (Lipinski definition) is 7. The van der Waals surface area contributed by atoms with Gasteiger partial charge in [0.25, 0.3) is 0 Å². The van der Waals surface area contributed by atoms with Crippen molar-refractivity contribution < 1.29 is 19.1 Å². The quantitative estimate of drug-likeness (QED) is 0.312. The SMILES string of the molecule is CCn1c(COc2ccc(Cl)c(C)c2)nnc1SCC(=O)CC(=O)Nc1ccccc1OC. The van der Waals surface area contributed by atoms with Crippen LogP contribution >= 0.6 is 23.4 Å². The lowest BCUT2D eigenvalue weighted by molar-refractivity contribution is -0.123. The molecule has 0 aliphatic heterocycles. The first-order valence-corrected chi connectivity index (χ1v) is 11.7. The van der Waals surface area contributed by atoms with E-state index >= 15 is 0 Å². The Kier molecular flexibility index (Phi) is 8.73. The van der Waals surface area contributed by atoms with Crippen molar-refractivity contribution in [3.8, 4) is 11.5 Å². The van der Waals surface area contributed by atoms with E-state index in [1.54, 1.807) is 36.4 Å². The number of nitrogens with zero attached hydrogens (tertiary/aromatic N) is 3. The summed E-state index contributed by atoms with van der Waals surface area (Å²) < 4.78 is 12.9. The third kappa shape index (κ3) is 6.72. The Bertz CT molecular complexity index is 1140. The molecule has 0 saturated carbocycles. The van der Waals surface area contributed by atoms with E-state index in [2.05, 4.69) is 15.5 Å². The van der Waals surface area contributed by atoms with Crippen LogP contribution in [-0.2, 0) is 22.7 Å². The number of halogens is 1. The zero-order valence-corrected chi connectivity index (χ0v) is 20.2. The molecule has 0 saturated heterocycles. The summed E-state index contributed by atoms with van der Waals surface area (Å²) in [5, 5.41) is 12.4. The number of methoxy groups -OCH3 is 1. The molecule has 3 rings (SSSR count). The minimum atomic E-state index is -0.394. The van der Waals surface area contributed by atoms with E-state index in [0.717, 1.165) is 5.56 Å². The summed E-state index contributed by atoms with van der Waals surface area (Å²) in [6.07, 6.45) is -0.239. The molecule has 0 aliphatic rings.